The monoisotopic (exact) mass is 328 g/mol. The second kappa shape index (κ2) is 5.52. The second-order valence-corrected chi connectivity index (χ2v) is 5.09. The molecular weight excluding hydrogens is 317 g/mol. The van der Waals surface area contributed by atoms with Gasteiger partial charge in [-0.3, -0.25) is 0 Å². The molecule has 0 bridgehead atoms. The SMILES string of the molecule is O=C(O)c1nnc(-c2cnc(N3CCC(F)(F)CC3)c(F)c2)o1. The molecule has 0 radical (unpaired) electrons. The normalized spacial score (nSPS) is 17.3. The number of aromatic carboxylic acids is 1. The smallest absolute Gasteiger partial charge is 0.393 e. The summed E-state index contributed by atoms with van der Waals surface area (Å²) in [6, 6.07) is 1.05. The van der Waals surface area contributed by atoms with E-state index in [9.17, 15) is 18.0 Å². The Bertz CT molecular complexity index is 740. The highest BCUT2D eigenvalue weighted by Crippen LogP contribution is 2.31. The predicted molar refractivity (Wildman–Crippen MR) is 70.8 cm³/mol. The number of pyridine rings is 1. The number of carboxylic acids is 1. The van der Waals surface area contributed by atoms with Gasteiger partial charge in [0.05, 0.1) is 5.56 Å². The molecule has 122 valence electrons. The number of carbonyl (C=O) groups is 1. The molecule has 0 saturated carbocycles. The van der Waals surface area contributed by atoms with Crippen molar-refractivity contribution >= 4 is 11.8 Å². The fourth-order valence-corrected chi connectivity index (χ4v) is 2.25. The second-order valence-electron chi connectivity index (χ2n) is 5.09. The molecule has 10 heteroatoms. The average molecular weight is 328 g/mol. The Morgan fingerprint density at radius 2 is 2.00 bits per heavy atom. The lowest BCUT2D eigenvalue weighted by atomic mass is 10.1. The highest BCUT2D eigenvalue weighted by Gasteiger charge is 2.35. The van der Waals surface area contributed by atoms with E-state index < -0.39 is 23.6 Å². The van der Waals surface area contributed by atoms with E-state index in [-0.39, 0.29) is 43.2 Å². The van der Waals surface area contributed by atoms with Crippen LogP contribution in [-0.4, -0.2) is 45.3 Å². The highest BCUT2D eigenvalue weighted by molar-refractivity contribution is 5.82. The number of alkyl halides is 2. The molecule has 1 saturated heterocycles. The van der Waals surface area contributed by atoms with Gasteiger partial charge in [-0.15, -0.1) is 10.2 Å². The molecule has 0 spiro atoms. The quantitative estimate of drug-likeness (QED) is 0.923. The van der Waals surface area contributed by atoms with Crippen LogP contribution in [0.4, 0.5) is 19.0 Å². The maximum absolute atomic E-state index is 14.2. The number of rotatable bonds is 3. The molecule has 7 nitrogen and oxygen atoms in total. The summed E-state index contributed by atoms with van der Waals surface area (Å²) in [7, 11) is 0. The van der Waals surface area contributed by atoms with E-state index in [0.29, 0.717) is 0 Å². The van der Waals surface area contributed by atoms with Crippen molar-refractivity contribution < 1.29 is 27.5 Å². The number of anilines is 1. The van der Waals surface area contributed by atoms with Crippen molar-refractivity contribution in [3.63, 3.8) is 0 Å². The first-order chi connectivity index (χ1) is 10.9. The summed E-state index contributed by atoms with van der Waals surface area (Å²) in [5.41, 5.74) is 0.105. The predicted octanol–water partition coefficient (Wildman–Crippen LogP) is 2.20. The van der Waals surface area contributed by atoms with Crippen molar-refractivity contribution in [1.29, 1.82) is 0 Å². The minimum absolute atomic E-state index is 0.0000133. The van der Waals surface area contributed by atoms with E-state index in [0.717, 1.165) is 6.07 Å². The molecule has 1 N–H and O–H groups in total. The van der Waals surface area contributed by atoms with Crippen molar-refractivity contribution in [2.75, 3.05) is 18.0 Å². The van der Waals surface area contributed by atoms with Crippen molar-refractivity contribution in [2.45, 2.75) is 18.8 Å². The Morgan fingerprint density at radius 3 is 2.57 bits per heavy atom. The lowest BCUT2D eigenvalue weighted by Crippen LogP contribution is -2.40. The summed E-state index contributed by atoms with van der Waals surface area (Å²) >= 11 is 0. The summed E-state index contributed by atoms with van der Waals surface area (Å²) in [5, 5.41) is 15.5. The van der Waals surface area contributed by atoms with Gasteiger partial charge in [0.1, 0.15) is 0 Å². The molecule has 1 aliphatic rings. The van der Waals surface area contributed by atoms with Gasteiger partial charge in [-0.1, -0.05) is 0 Å². The Hall–Kier alpha value is -2.65. The van der Waals surface area contributed by atoms with Crippen molar-refractivity contribution in [3.05, 3.63) is 24.0 Å². The zero-order chi connectivity index (χ0) is 16.6. The standard InChI is InChI=1S/C13H11F3N4O3/c14-8-5-7(10-18-19-11(23-10)12(21)22)6-17-9(8)20-3-1-13(15,16)2-4-20/h5-6H,1-4H2,(H,21,22). The zero-order valence-electron chi connectivity index (χ0n) is 11.7. The summed E-state index contributed by atoms with van der Waals surface area (Å²) in [5.74, 6) is -5.72. The molecule has 1 fully saturated rings. The number of carboxylic acid groups (broad SMARTS) is 1. The Morgan fingerprint density at radius 1 is 1.30 bits per heavy atom. The fraction of sp³-hybridized carbons (Fsp3) is 0.385. The number of hydrogen-bond acceptors (Lipinski definition) is 6. The molecule has 2 aromatic rings. The number of hydrogen-bond donors (Lipinski definition) is 1. The lowest BCUT2D eigenvalue weighted by molar-refractivity contribution is -0.0222. The Labute approximate surface area is 127 Å². The molecule has 23 heavy (non-hydrogen) atoms. The number of halogens is 3. The molecule has 0 atom stereocenters. The van der Waals surface area contributed by atoms with Gasteiger partial charge in [-0.2, -0.15) is 0 Å². The van der Waals surface area contributed by atoms with Crippen LogP contribution in [0, 0.1) is 5.82 Å². The van der Waals surface area contributed by atoms with E-state index in [1.165, 1.54) is 11.1 Å². The van der Waals surface area contributed by atoms with Crippen molar-refractivity contribution in [2.24, 2.45) is 0 Å². The Balaban J connectivity index is 1.82. The fourth-order valence-electron chi connectivity index (χ4n) is 2.25. The van der Waals surface area contributed by atoms with Gasteiger partial charge in [0, 0.05) is 32.1 Å². The first-order valence-electron chi connectivity index (χ1n) is 6.71. The third-order valence-electron chi connectivity index (χ3n) is 3.47. The molecule has 1 aliphatic heterocycles. The van der Waals surface area contributed by atoms with Gasteiger partial charge < -0.3 is 14.4 Å². The highest BCUT2D eigenvalue weighted by atomic mass is 19.3. The summed E-state index contributed by atoms with van der Waals surface area (Å²) in [4.78, 5) is 16.0. The van der Waals surface area contributed by atoms with Crippen LogP contribution in [-0.2, 0) is 0 Å². The summed E-state index contributed by atoms with van der Waals surface area (Å²) in [6.45, 7) is -0.0000266. The summed E-state index contributed by atoms with van der Waals surface area (Å²) < 4.78 is 45.3. The number of aromatic nitrogens is 3. The van der Waals surface area contributed by atoms with Crippen LogP contribution in [0.15, 0.2) is 16.7 Å². The van der Waals surface area contributed by atoms with Crippen LogP contribution in [0.2, 0.25) is 0 Å². The largest absolute Gasteiger partial charge is 0.474 e. The van der Waals surface area contributed by atoms with Crippen molar-refractivity contribution in [1.82, 2.24) is 15.2 Å². The van der Waals surface area contributed by atoms with Crippen molar-refractivity contribution in [3.8, 4) is 11.5 Å². The van der Waals surface area contributed by atoms with Crippen LogP contribution >= 0.6 is 0 Å². The third kappa shape index (κ3) is 3.10. The van der Waals surface area contributed by atoms with Crippen LogP contribution in [0.3, 0.4) is 0 Å². The number of nitrogens with zero attached hydrogens (tertiary/aromatic N) is 4. The first-order valence-corrected chi connectivity index (χ1v) is 6.71. The Kier molecular flexibility index (Phi) is 3.66. The maximum atomic E-state index is 14.2. The van der Waals surface area contributed by atoms with Gasteiger partial charge >= 0.3 is 11.9 Å². The van der Waals surface area contributed by atoms with Gasteiger partial charge in [0.15, 0.2) is 11.6 Å². The van der Waals surface area contributed by atoms with Crippen LogP contribution in [0.1, 0.15) is 23.5 Å². The van der Waals surface area contributed by atoms with Gasteiger partial charge in [0.25, 0.3) is 5.92 Å². The molecule has 0 amide bonds. The third-order valence-corrected chi connectivity index (χ3v) is 3.47. The maximum Gasteiger partial charge on any atom is 0.393 e. The molecule has 0 unspecified atom stereocenters. The molecular formula is C13H11F3N4O3. The topological polar surface area (TPSA) is 92.3 Å². The minimum Gasteiger partial charge on any atom is -0.474 e. The molecule has 3 heterocycles. The minimum atomic E-state index is -2.73. The van der Waals surface area contributed by atoms with E-state index in [1.54, 1.807) is 0 Å². The van der Waals surface area contributed by atoms with Gasteiger partial charge in [-0.25, -0.2) is 22.9 Å². The summed E-state index contributed by atoms with van der Waals surface area (Å²) in [6.07, 6.45) is 0.507. The molecule has 2 aromatic heterocycles. The van der Waals surface area contributed by atoms with Crippen LogP contribution in [0.25, 0.3) is 11.5 Å². The van der Waals surface area contributed by atoms with E-state index in [2.05, 4.69) is 15.2 Å². The lowest BCUT2D eigenvalue weighted by Gasteiger charge is -2.32. The van der Waals surface area contributed by atoms with Crippen LogP contribution < -0.4 is 4.90 Å². The molecule has 0 aliphatic carbocycles. The van der Waals surface area contributed by atoms with E-state index in [4.69, 9.17) is 9.52 Å². The number of piperidine rings is 1. The molecule has 3 rings (SSSR count). The average Bonchev–Trinajstić information content (AvgIpc) is 2.98. The van der Waals surface area contributed by atoms with E-state index >= 15 is 0 Å². The zero-order valence-corrected chi connectivity index (χ0v) is 11.7. The first kappa shape index (κ1) is 15.3. The molecule has 0 aromatic carbocycles. The van der Waals surface area contributed by atoms with Crippen LogP contribution in [0.5, 0.6) is 0 Å². The van der Waals surface area contributed by atoms with Gasteiger partial charge in [0.2, 0.25) is 5.89 Å². The van der Waals surface area contributed by atoms with Gasteiger partial charge in [-0.05, 0) is 6.07 Å². The van der Waals surface area contributed by atoms with E-state index in [1.807, 2.05) is 0 Å².